The van der Waals surface area contributed by atoms with Gasteiger partial charge in [-0.25, -0.2) is 0 Å². The van der Waals surface area contributed by atoms with Crippen LogP contribution in [-0.2, 0) is 0 Å². The van der Waals surface area contributed by atoms with Crippen molar-refractivity contribution in [2.45, 2.75) is 39.2 Å². The summed E-state index contributed by atoms with van der Waals surface area (Å²) in [6.07, 6.45) is 3.47. The molecule has 1 aliphatic carbocycles. The Hall–Kier alpha value is -1.97. The smallest absolute Gasteiger partial charge is 0.287 e. The molecule has 0 spiro atoms. The summed E-state index contributed by atoms with van der Waals surface area (Å²) >= 11 is 0. The lowest BCUT2D eigenvalue weighted by Gasteiger charge is -2.34. The van der Waals surface area contributed by atoms with E-state index in [0.29, 0.717) is 28.9 Å². The third kappa shape index (κ3) is 2.75. The van der Waals surface area contributed by atoms with E-state index in [1.807, 2.05) is 6.07 Å². The lowest BCUT2D eigenvalue weighted by molar-refractivity contribution is 0.0865. The third-order valence-corrected chi connectivity index (χ3v) is 4.79. The van der Waals surface area contributed by atoms with Gasteiger partial charge in [0.1, 0.15) is 5.58 Å². The van der Waals surface area contributed by atoms with E-state index in [0.717, 1.165) is 11.8 Å². The zero-order chi connectivity index (χ0) is 15.0. The number of rotatable bonds is 2. The minimum absolute atomic E-state index is 0.129. The molecule has 0 radical (unpaired) electrons. The summed E-state index contributed by atoms with van der Waals surface area (Å²) in [5.41, 5.74) is 7.12. The van der Waals surface area contributed by atoms with Crippen molar-refractivity contribution in [2.75, 3.05) is 5.73 Å². The Bertz CT molecular complexity index is 662. The monoisotopic (exact) mass is 286 g/mol. The van der Waals surface area contributed by atoms with Gasteiger partial charge in [-0.15, -0.1) is 0 Å². The van der Waals surface area contributed by atoms with Crippen LogP contribution in [0, 0.1) is 11.8 Å². The molecule has 21 heavy (non-hydrogen) atoms. The van der Waals surface area contributed by atoms with Gasteiger partial charge >= 0.3 is 0 Å². The van der Waals surface area contributed by atoms with Gasteiger partial charge in [-0.3, -0.25) is 4.79 Å². The fraction of sp³-hybridized carbons (Fsp3) is 0.471. The summed E-state index contributed by atoms with van der Waals surface area (Å²) in [5.74, 6) is 1.39. The first-order valence-electron chi connectivity index (χ1n) is 7.64. The SMILES string of the molecule is CC1CCCC(NC(=O)c2cc3cc(N)ccc3o2)C1C. The Morgan fingerprint density at radius 1 is 1.29 bits per heavy atom. The van der Waals surface area contributed by atoms with Gasteiger partial charge in [-0.2, -0.15) is 0 Å². The zero-order valence-electron chi connectivity index (χ0n) is 12.6. The summed E-state index contributed by atoms with van der Waals surface area (Å²) in [7, 11) is 0. The van der Waals surface area contributed by atoms with Crippen molar-refractivity contribution in [3.05, 3.63) is 30.0 Å². The predicted octanol–water partition coefficient (Wildman–Crippen LogP) is 3.57. The summed E-state index contributed by atoms with van der Waals surface area (Å²) in [4.78, 5) is 12.4. The number of benzene rings is 1. The number of furan rings is 1. The van der Waals surface area contributed by atoms with Crippen molar-refractivity contribution < 1.29 is 9.21 Å². The number of carbonyl (C=O) groups excluding carboxylic acids is 1. The molecule has 0 aliphatic heterocycles. The fourth-order valence-corrected chi connectivity index (χ4v) is 3.20. The van der Waals surface area contributed by atoms with Crippen LogP contribution in [0.25, 0.3) is 11.0 Å². The average Bonchev–Trinajstić information content (AvgIpc) is 2.87. The van der Waals surface area contributed by atoms with E-state index in [9.17, 15) is 4.79 Å². The van der Waals surface area contributed by atoms with Crippen LogP contribution in [0.3, 0.4) is 0 Å². The topological polar surface area (TPSA) is 68.3 Å². The first-order valence-corrected chi connectivity index (χ1v) is 7.64. The number of anilines is 1. The van der Waals surface area contributed by atoms with Gasteiger partial charge in [0.25, 0.3) is 5.91 Å². The van der Waals surface area contributed by atoms with Gasteiger partial charge < -0.3 is 15.5 Å². The maximum Gasteiger partial charge on any atom is 0.287 e. The maximum absolute atomic E-state index is 12.4. The Morgan fingerprint density at radius 2 is 2.10 bits per heavy atom. The van der Waals surface area contributed by atoms with E-state index in [-0.39, 0.29) is 11.9 Å². The summed E-state index contributed by atoms with van der Waals surface area (Å²) in [5, 5.41) is 3.99. The van der Waals surface area contributed by atoms with Gasteiger partial charge in [0.15, 0.2) is 5.76 Å². The van der Waals surface area contributed by atoms with Crippen LogP contribution in [0.2, 0.25) is 0 Å². The molecule has 1 aromatic carbocycles. The van der Waals surface area contributed by atoms with E-state index >= 15 is 0 Å². The lowest BCUT2D eigenvalue weighted by Crippen LogP contribution is -2.43. The van der Waals surface area contributed by atoms with Gasteiger partial charge in [0.05, 0.1) is 0 Å². The third-order valence-electron chi connectivity index (χ3n) is 4.79. The number of hydrogen-bond donors (Lipinski definition) is 2. The van der Waals surface area contributed by atoms with Crippen LogP contribution in [0.15, 0.2) is 28.7 Å². The van der Waals surface area contributed by atoms with Crippen molar-refractivity contribution >= 4 is 22.6 Å². The number of amides is 1. The molecule has 3 unspecified atom stereocenters. The Labute approximate surface area is 124 Å². The summed E-state index contributed by atoms with van der Waals surface area (Å²) < 4.78 is 5.62. The normalized spacial score (nSPS) is 25.9. The molecule has 1 aromatic heterocycles. The van der Waals surface area contributed by atoms with Gasteiger partial charge in [-0.1, -0.05) is 26.7 Å². The van der Waals surface area contributed by atoms with Crippen LogP contribution in [0.1, 0.15) is 43.7 Å². The molecule has 3 atom stereocenters. The molecule has 1 fully saturated rings. The number of nitrogens with one attached hydrogen (secondary N) is 1. The molecular weight excluding hydrogens is 264 g/mol. The molecule has 0 saturated heterocycles. The van der Waals surface area contributed by atoms with E-state index in [1.54, 1.807) is 18.2 Å². The van der Waals surface area contributed by atoms with Crippen LogP contribution in [-0.4, -0.2) is 11.9 Å². The van der Waals surface area contributed by atoms with Gasteiger partial charge in [0.2, 0.25) is 0 Å². The minimum Gasteiger partial charge on any atom is -0.451 e. The number of fused-ring (bicyclic) bond motifs is 1. The first kappa shape index (κ1) is 14.0. The molecule has 1 saturated carbocycles. The molecule has 112 valence electrons. The van der Waals surface area contributed by atoms with Crippen molar-refractivity contribution in [1.29, 1.82) is 0 Å². The van der Waals surface area contributed by atoms with Gasteiger partial charge in [-0.05, 0) is 42.5 Å². The van der Waals surface area contributed by atoms with E-state index in [2.05, 4.69) is 19.2 Å². The first-order chi connectivity index (χ1) is 10.0. The molecule has 3 rings (SSSR count). The second-order valence-electron chi connectivity index (χ2n) is 6.26. The molecule has 4 heteroatoms. The fourth-order valence-electron chi connectivity index (χ4n) is 3.20. The Kier molecular flexibility index (Phi) is 3.62. The van der Waals surface area contributed by atoms with Crippen molar-refractivity contribution in [1.82, 2.24) is 5.32 Å². The van der Waals surface area contributed by atoms with Gasteiger partial charge in [0, 0.05) is 17.1 Å². The second-order valence-corrected chi connectivity index (χ2v) is 6.26. The molecule has 1 amide bonds. The second kappa shape index (κ2) is 5.43. The highest BCUT2D eigenvalue weighted by molar-refractivity contribution is 5.96. The van der Waals surface area contributed by atoms with E-state index in [4.69, 9.17) is 10.2 Å². The Balaban J connectivity index is 1.77. The van der Waals surface area contributed by atoms with Crippen LogP contribution >= 0.6 is 0 Å². The van der Waals surface area contributed by atoms with E-state index in [1.165, 1.54) is 12.8 Å². The standard InChI is InChI=1S/C17H22N2O2/c1-10-4-3-5-14(11(10)2)19-17(20)16-9-12-8-13(18)6-7-15(12)21-16/h6-11,14H,3-5,18H2,1-2H3,(H,19,20). The molecular formula is C17H22N2O2. The highest BCUT2D eigenvalue weighted by Gasteiger charge is 2.29. The number of carbonyl (C=O) groups is 1. The highest BCUT2D eigenvalue weighted by atomic mass is 16.3. The maximum atomic E-state index is 12.4. The number of nitrogen functional groups attached to an aromatic ring is 1. The molecule has 0 bridgehead atoms. The number of nitrogens with two attached hydrogens (primary N) is 1. The van der Waals surface area contributed by atoms with Crippen molar-refractivity contribution in [3.8, 4) is 0 Å². The van der Waals surface area contributed by atoms with Crippen LogP contribution in [0.5, 0.6) is 0 Å². The largest absolute Gasteiger partial charge is 0.451 e. The predicted molar refractivity (Wildman–Crippen MR) is 84.1 cm³/mol. The summed E-state index contributed by atoms with van der Waals surface area (Å²) in [6, 6.07) is 7.39. The molecule has 4 nitrogen and oxygen atoms in total. The molecule has 3 N–H and O–H groups in total. The molecule has 1 aliphatic rings. The van der Waals surface area contributed by atoms with Crippen LogP contribution < -0.4 is 11.1 Å². The summed E-state index contributed by atoms with van der Waals surface area (Å²) in [6.45, 7) is 4.47. The molecule has 1 heterocycles. The van der Waals surface area contributed by atoms with Crippen molar-refractivity contribution in [3.63, 3.8) is 0 Å². The van der Waals surface area contributed by atoms with Crippen LogP contribution in [0.4, 0.5) is 5.69 Å². The number of hydrogen-bond acceptors (Lipinski definition) is 3. The average molecular weight is 286 g/mol. The highest BCUT2D eigenvalue weighted by Crippen LogP contribution is 2.30. The minimum atomic E-state index is -0.129. The van der Waals surface area contributed by atoms with E-state index < -0.39 is 0 Å². The zero-order valence-corrected chi connectivity index (χ0v) is 12.6. The Morgan fingerprint density at radius 3 is 2.90 bits per heavy atom. The quantitative estimate of drug-likeness (QED) is 0.829. The molecule has 2 aromatic rings. The lowest BCUT2D eigenvalue weighted by atomic mass is 9.78. The van der Waals surface area contributed by atoms with Crippen molar-refractivity contribution in [2.24, 2.45) is 11.8 Å².